The minimum Gasteiger partial charge on any atom is -0.370 e. The first kappa shape index (κ1) is 17.0. The van der Waals surface area contributed by atoms with Crippen LogP contribution in [0.5, 0.6) is 0 Å². The number of nitrogens with two attached hydrogens (primary N) is 1. The summed E-state index contributed by atoms with van der Waals surface area (Å²) in [5.41, 5.74) is 8.18. The van der Waals surface area contributed by atoms with Crippen molar-refractivity contribution in [1.29, 1.82) is 0 Å². The van der Waals surface area contributed by atoms with Gasteiger partial charge in [-0.2, -0.15) is 0 Å². The fraction of sp³-hybridized carbons (Fsp3) is 0.533. The van der Waals surface area contributed by atoms with Crippen LogP contribution in [0.25, 0.3) is 0 Å². The van der Waals surface area contributed by atoms with Crippen molar-refractivity contribution in [1.82, 2.24) is 4.90 Å². The molecule has 20 heavy (non-hydrogen) atoms. The molecule has 1 saturated heterocycles. The second-order valence-corrected chi connectivity index (χ2v) is 5.02. The van der Waals surface area contributed by atoms with Crippen LogP contribution < -0.4 is 5.73 Å². The summed E-state index contributed by atoms with van der Waals surface area (Å²) in [7, 11) is 0. The average Bonchev–Trinajstić information content (AvgIpc) is 2.46. The van der Waals surface area contributed by atoms with Crippen LogP contribution >= 0.6 is 12.4 Å². The molecule has 4 nitrogen and oxygen atoms in total. The molecule has 112 valence electrons. The lowest BCUT2D eigenvalue weighted by molar-refractivity contribution is -0.140. The summed E-state index contributed by atoms with van der Waals surface area (Å²) in [5.74, 6) is 0.0318. The van der Waals surface area contributed by atoms with E-state index in [0.29, 0.717) is 26.1 Å². The standard InChI is InChI=1S/C15H22N2O2.ClH/c1-3-13(16)15(18)17-8-9-19-14(10-17)12-7-5-4-6-11(12)2;/h4-7,13-14H,3,8-10,16H2,1-2H3;1H. The highest BCUT2D eigenvalue weighted by Gasteiger charge is 2.28. The predicted octanol–water partition coefficient (Wildman–Crippen LogP) is 2.05. The van der Waals surface area contributed by atoms with E-state index in [1.54, 1.807) is 0 Å². The van der Waals surface area contributed by atoms with E-state index in [1.165, 1.54) is 5.56 Å². The van der Waals surface area contributed by atoms with Crippen LogP contribution in [0.2, 0.25) is 0 Å². The first-order valence-electron chi connectivity index (χ1n) is 6.85. The number of nitrogens with zero attached hydrogens (tertiary/aromatic N) is 1. The molecule has 1 heterocycles. The van der Waals surface area contributed by atoms with E-state index in [-0.39, 0.29) is 24.4 Å². The molecule has 0 aromatic heterocycles. The minimum absolute atomic E-state index is 0. The number of amides is 1. The molecule has 1 aliphatic rings. The van der Waals surface area contributed by atoms with Gasteiger partial charge in [0.25, 0.3) is 0 Å². The number of aryl methyl sites for hydroxylation is 1. The molecule has 0 radical (unpaired) electrons. The number of carbonyl (C=O) groups is 1. The van der Waals surface area contributed by atoms with E-state index >= 15 is 0 Å². The first-order chi connectivity index (χ1) is 9.13. The number of halogens is 1. The third kappa shape index (κ3) is 3.72. The highest BCUT2D eigenvalue weighted by Crippen LogP contribution is 2.25. The van der Waals surface area contributed by atoms with Gasteiger partial charge in [0.15, 0.2) is 0 Å². The number of hydrogen-bond donors (Lipinski definition) is 1. The van der Waals surface area contributed by atoms with Gasteiger partial charge in [0.2, 0.25) is 5.91 Å². The normalized spacial score (nSPS) is 20.1. The van der Waals surface area contributed by atoms with Gasteiger partial charge in [-0.25, -0.2) is 0 Å². The van der Waals surface area contributed by atoms with Gasteiger partial charge in [0, 0.05) is 6.54 Å². The minimum atomic E-state index is -0.393. The monoisotopic (exact) mass is 298 g/mol. The Morgan fingerprint density at radius 1 is 1.50 bits per heavy atom. The molecule has 5 heteroatoms. The van der Waals surface area contributed by atoms with Gasteiger partial charge in [0.1, 0.15) is 6.10 Å². The Kier molecular flexibility index (Phi) is 6.46. The summed E-state index contributed by atoms with van der Waals surface area (Å²) < 4.78 is 5.80. The molecule has 2 atom stereocenters. The third-order valence-corrected chi connectivity index (χ3v) is 3.67. The molecule has 0 aliphatic carbocycles. The predicted molar refractivity (Wildman–Crippen MR) is 82.0 cm³/mol. The molecule has 2 unspecified atom stereocenters. The Bertz CT molecular complexity index is 453. The highest BCUT2D eigenvalue weighted by atomic mass is 35.5. The third-order valence-electron chi connectivity index (χ3n) is 3.67. The Hall–Kier alpha value is -1.10. The van der Waals surface area contributed by atoms with Crippen molar-refractivity contribution in [3.8, 4) is 0 Å². The summed E-state index contributed by atoms with van der Waals surface area (Å²) in [6.07, 6.45) is 0.633. The number of carbonyl (C=O) groups excluding carboxylic acids is 1. The fourth-order valence-electron chi connectivity index (χ4n) is 2.39. The van der Waals surface area contributed by atoms with Gasteiger partial charge >= 0.3 is 0 Å². The number of hydrogen-bond acceptors (Lipinski definition) is 3. The quantitative estimate of drug-likeness (QED) is 0.929. The zero-order valence-corrected chi connectivity index (χ0v) is 12.9. The van der Waals surface area contributed by atoms with E-state index in [1.807, 2.05) is 24.0 Å². The van der Waals surface area contributed by atoms with Crippen LogP contribution in [0, 0.1) is 6.92 Å². The molecule has 0 bridgehead atoms. The van der Waals surface area contributed by atoms with Crippen molar-refractivity contribution < 1.29 is 9.53 Å². The molecule has 1 aromatic rings. The van der Waals surface area contributed by atoms with Crippen LogP contribution in [0.1, 0.15) is 30.6 Å². The number of ether oxygens (including phenoxy) is 1. The Balaban J connectivity index is 0.00000200. The maximum Gasteiger partial charge on any atom is 0.239 e. The van der Waals surface area contributed by atoms with E-state index in [2.05, 4.69) is 19.1 Å². The maximum atomic E-state index is 12.1. The van der Waals surface area contributed by atoms with Gasteiger partial charge in [-0.15, -0.1) is 12.4 Å². The Labute approximate surface area is 126 Å². The lowest BCUT2D eigenvalue weighted by Crippen LogP contribution is -2.49. The molecule has 1 fully saturated rings. The van der Waals surface area contributed by atoms with Crippen LogP contribution in [-0.4, -0.2) is 36.5 Å². The van der Waals surface area contributed by atoms with Gasteiger partial charge in [0.05, 0.1) is 19.2 Å². The van der Waals surface area contributed by atoms with Crippen LogP contribution in [0.3, 0.4) is 0 Å². The number of morpholine rings is 1. The Morgan fingerprint density at radius 2 is 2.20 bits per heavy atom. The summed E-state index contributed by atoms with van der Waals surface area (Å²) in [5, 5.41) is 0. The number of benzene rings is 1. The SMILES string of the molecule is CCC(N)C(=O)N1CCOC(c2ccccc2C)C1.Cl. The van der Waals surface area contributed by atoms with Crippen molar-refractivity contribution in [2.24, 2.45) is 5.73 Å². The van der Waals surface area contributed by atoms with E-state index in [0.717, 1.165) is 5.56 Å². The zero-order valence-electron chi connectivity index (χ0n) is 12.0. The van der Waals surface area contributed by atoms with Crippen molar-refractivity contribution >= 4 is 18.3 Å². The molecule has 1 aliphatic heterocycles. The van der Waals surface area contributed by atoms with Gasteiger partial charge in [-0.3, -0.25) is 4.79 Å². The summed E-state index contributed by atoms with van der Waals surface area (Å²) >= 11 is 0. The van der Waals surface area contributed by atoms with Crippen molar-refractivity contribution in [3.63, 3.8) is 0 Å². The largest absolute Gasteiger partial charge is 0.370 e. The zero-order chi connectivity index (χ0) is 13.8. The summed E-state index contributed by atoms with van der Waals surface area (Å²) in [6.45, 7) is 5.80. The second kappa shape index (κ2) is 7.62. The second-order valence-electron chi connectivity index (χ2n) is 5.02. The van der Waals surface area contributed by atoms with Crippen LogP contribution in [0.15, 0.2) is 24.3 Å². The molecule has 0 spiro atoms. The van der Waals surface area contributed by atoms with Gasteiger partial charge in [-0.1, -0.05) is 31.2 Å². The average molecular weight is 299 g/mol. The van der Waals surface area contributed by atoms with Crippen molar-refractivity contribution in [2.75, 3.05) is 19.7 Å². The summed E-state index contributed by atoms with van der Waals surface area (Å²) in [6, 6.07) is 7.75. The molecular formula is C15H23ClN2O2. The van der Waals surface area contributed by atoms with Gasteiger partial charge in [-0.05, 0) is 24.5 Å². The van der Waals surface area contributed by atoms with Crippen LogP contribution in [-0.2, 0) is 9.53 Å². The van der Waals surface area contributed by atoms with E-state index in [9.17, 15) is 4.79 Å². The van der Waals surface area contributed by atoms with E-state index in [4.69, 9.17) is 10.5 Å². The maximum absolute atomic E-state index is 12.1. The summed E-state index contributed by atoms with van der Waals surface area (Å²) in [4.78, 5) is 14.0. The highest BCUT2D eigenvalue weighted by molar-refractivity contribution is 5.85. The van der Waals surface area contributed by atoms with Gasteiger partial charge < -0.3 is 15.4 Å². The van der Waals surface area contributed by atoms with Crippen LogP contribution in [0.4, 0.5) is 0 Å². The lowest BCUT2D eigenvalue weighted by Gasteiger charge is -2.35. The van der Waals surface area contributed by atoms with Crippen molar-refractivity contribution in [3.05, 3.63) is 35.4 Å². The van der Waals surface area contributed by atoms with Crippen molar-refractivity contribution in [2.45, 2.75) is 32.4 Å². The fourth-order valence-corrected chi connectivity index (χ4v) is 2.39. The smallest absolute Gasteiger partial charge is 0.239 e. The molecular weight excluding hydrogens is 276 g/mol. The first-order valence-corrected chi connectivity index (χ1v) is 6.85. The number of rotatable bonds is 3. The van der Waals surface area contributed by atoms with E-state index < -0.39 is 6.04 Å². The molecule has 2 N–H and O–H groups in total. The Morgan fingerprint density at radius 3 is 2.85 bits per heavy atom. The molecule has 0 saturated carbocycles. The molecule has 2 rings (SSSR count). The topological polar surface area (TPSA) is 55.6 Å². The molecule has 1 aromatic carbocycles. The lowest BCUT2D eigenvalue weighted by atomic mass is 10.0. The molecule has 1 amide bonds.